The lowest BCUT2D eigenvalue weighted by Crippen LogP contribution is -1.84. The van der Waals surface area contributed by atoms with E-state index in [1.807, 2.05) is 31.9 Å². The van der Waals surface area contributed by atoms with Crippen LogP contribution in [0.3, 0.4) is 0 Å². The molecular weight excluding hydrogens is 289 g/mol. The Morgan fingerprint density at radius 1 is 1.33 bits per heavy atom. The van der Waals surface area contributed by atoms with Gasteiger partial charge in [0, 0.05) is 36.4 Å². The van der Waals surface area contributed by atoms with Crippen LogP contribution in [0, 0.1) is 0 Å². The molecule has 0 radical (unpaired) electrons. The summed E-state index contributed by atoms with van der Waals surface area (Å²) in [6.45, 7) is 0. The summed E-state index contributed by atoms with van der Waals surface area (Å²) in [5.41, 5.74) is 0. The molecule has 0 aromatic carbocycles. The van der Waals surface area contributed by atoms with Gasteiger partial charge >= 0.3 is 12.0 Å². The third kappa shape index (κ3) is 586. The fourth-order valence-corrected chi connectivity index (χ4v) is 0. The zero-order valence-electron chi connectivity index (χ0n) is 3.76. The van der Waals surface area contributed by atoms with Gasteiger partial charge in [0.2, 0.25) is 0 Å². The zero-order valence-corrected chi connectivity index (χ0v) is 7.83. The van der Waals surface area contributed by atoms with Crippen LogP contribution in [0.15, 0.2) is 0 Å². The van der Waals surface area contributed by atoms with Gasteiger partial charge in [-0.25, -0.2) is 0 Å². The molecule has 0 aliphatic heterocycles. The van der Waals surface area contributed by atoms with Crippen molar-refractivity contribution in [2.75, 3.05) is 0 Å². The molecule has 0 aromatic rings. The largest absolute Gasteiger partial charge is 0.692 e. The van der Waals surface area contributed by atoms with Crippen LogP contribution >= 0.6 is 40.1 Å². The van der Waals surface area contributed by atoms with Crippen molar-refractivity contribution in [2.24, 2.45) is 0 Å². The zero-order chi connectivity index (χ0) is 8.08. The Hall–Kier alpha value is 0.840. The van der Waals surface area contributed by atoms with E-state index in [0.717, 1.165) is 0 Å². The molecule has 3 nitrogen and oxygen atoms in total. The van der Waals surface area contributed by atoms with E-state index in [1.165, 1.54) is 0 Å². The van der Waals surface area contributed by atoms with E-state index in [-0.39, 0.29) is 0 Å². The van der Waals surface area contributed by atoms with E-state index in [2.05, 4.69) is 0 Å². The van der Waals surface area contributed by atoms with Gasteiger partial charge in [-0.1, -0.05) is 0 Å². The summed E-state index contributed by atoms with van der Waals surface area (Å²) < 4.78 is 27.5. The minimum atomic E-state index is -2.88. The minimum absolute atomic E-state index is 1.96. The van der Waals surface area contributed by atoms with Gasteiger partial charge in [-0.3, -0.25) is 0 Å². The van der Waals surface area contributed by atoms with Crippen molar-refractivity contribution in [1.82, 2.24) is 0 Å². The summed E-state index contributed by atoms with van der Waals surface area (Å²) >= 11 is 3.92. The molecule has 0 fully saturated rings. The third-order valence-corrected chi connectivity index (χ3v) is 0. The molecule has 0 bridgehead atoms. The molecule has 0 spiro atoms. The van der Waals surface area contributed by atoms with E-state index < -0.39 is 12.0 Å². The molecule has 0 rings (SSSR count). The second-order valence-corrected chi connectivity index (χ2v) is 4.24. The van der Waals surface area contributed by atoms with Gasteiger partial charge in [0.05, 0.1) is 0 Å². The Morgan fingerprint density at radius 2 is 1.33 bits per heavy atom. The van der Waals surface area contributed by atoms with Gasteiger partial charge in [0.25, 0.3) is 0 Å². The van der Waals surface area contributed by atoms with Gasteiger partial charge in [-0.15, -0.1) is 9.79 Å². The van der Waals surface area contributed by atoms with E-state index in [0.29, 0.717) is 0 Å². The fraction of sp³-hybridized carbons (Fsp3) is 1.00. The highest BCUT2D eigenvalue weighted by Crippen LogP contribution is 2.28. The first-order chi connectivity index (χ1) is 3.73. The quantitative estimate of drug-likeness (QED) is 0.530. The van der Waals surface area contributed by atoms with E-state index >= 15 is 0 Å². The Balaban J connectivity index is 0. The van der Waals surface area contributed by atoms with Crippen LogP contribution in [0.1, 0.15) is 0 Å². The van der Waals surface area contributed by atoms with E-state index in [1.54, 1.807) is 0 Å². The number of hydrogen-bond donors (Lipinski definition) is 2. The van der Waals surface area contributed by atoms with Crippen LogP contribution < -0.4 is 0 Å². The van der Waals surface area contributed by atoms with Crippen LogP contribution in [0.4, 0.5) is 8.78 Å². The maximum atomic E-state index is 10.9. The molecule has 8 heteroatoms. The predicted octanol–water partition coefficient (Wildman–Crippen LogP) is 1.95. The lowest BCUT2D eigenvalue weighted by atomic mass is 11.7. The average Bonchev–Trinajstić information content (AvgIpc) is 1.19. The van der Waals surface area contributed by atoms with Crippen LogP contribution in [-0.2, 0) is 4.57 Å². The van der Waals surface area contributed by atoms with Crippen molar-refractivity contribution in [3.63, 3.8) is 0 Å². The lowest BCUT2D eigenvalue weighted by Gasteiger charge is -1.88. The number of alkyl halides is 4. The summed E-state index contributed by atoms with van der Waals surface area (Å²) in [6, 6.07) is 0. The molecule has 2 N–H and O–H groups in total. The molecule has 0 aliphatic rings. The van der Waals surface area contributed by atoms with Gasteiger partial charge in [0.1, 0.15) is 0 Å². The maximum absolute atomic E-state index is 10.9. The predicted molar refractivity (Wildman–Crippen MR) is 34.8 cm³/mol. The Kier molecular flexibility index (Phi) is 7.80. The fourth-order valence-electron chi connectivity index (χ4n) is 0. The Morgan fingerprint density at radius 3 is 1.33 bits per heavy atom. The Bertz CT molecular complexity index is 82.3. The summed E-state index contributed by atoms with van der Waals surface area (Å²) in [5.74, 6) is 0. The number of hydrogen-bond acceptors (Lipinski definition) is 1. The minimum Gasteiger partial charge on any atom is -0.181 e. The molecule has 0 aromatic heterocycles. The van der Waals surface area contributed by atoms with Crippen LogP contribution in [0.25, 0.3) is 0 Å². The molecule has 0 aliphatic carbocycles. The second kappa shape index (κ2) is 5.61. The van der Waals surface area contributed by atoms with Gasteiger partial charge in [0.15, 0.2) is 0 Å². The summed E-state index contributed by atoms with van der Waals surface area (Å²) in [6.07, 6.45) is 0. The molecular formula is CH2Br2F2O3P+. The smallest absolute Gasteiger partial charge is 0.181 e. The van der Waals surface area contributed by atoms with Gasteiger partial charge in [-0.05, 0) is 0 Å². The van der Waals surface area contributed by atoms with Gasteiger partial charge in [-0.2, -0.15) is 8.78 Å². The number of halogens is 4. The van der Waals surface area contributed by atoms with E-state index in [9.17, 15) is 8.78 Å². The van der Waals surface area contributed by atoms with Crippen molar-refractivity contribution < 1.29 is 23.1 Å². The standard InChI is InChI=1S/CBr2F2.HO3P/c2-1(3,4)5;1-4(2)3/h;(H-,1,2,3)/p+1. The highest BCUT2D eigenvalue weighted by Gasteiger charge is 2.15. The van der Waals surface area contributed by atoms with Crippen molar-refractivity contribution in [1.29, 1.82) is 0 Å². The second-order valence-electron chi connectivity index (χ2n) is 0.681. The lowest BCUT2D eigenvalue weighted by molar-refractivity contribution is 0.229. The Labute approximate surface area is 67.3 Å². The van der Waals surface area contributed by atoms with Gasteiger partial charge < -0.3 is 0 Å². The summed E-state index contributed by atoms with van der Waals surface area (Å²) in [5, 5.41) is 0. The molecule has 0 amide bonds. The molecule has 0 atom stereocenters. The maximum Gasteiger partial charge on any atom is 0.692 e. The molecule has 0 saturated heterocycles. The van der Waals surface area contributed by atoms with Crippen LogP contribution in [0.2, 0.25) is 0 Å². The van der Waals surface area contributed by atoms with E-state index in [4.69, 9.17) is 14.4 Å². The molecule has 0 unspecified atom stereocenters. The van der Waals surface area contributed by atoms with Crippen molar-refractivity contribution in [3.8, 4) is 0 Å². The average molecular weight is 291 g/mol. The molecule has 9 heavy (non-hydrogen) atoms. The first-order valence-corrected chi connectivity index (χ1v) is 4.09. The van der Waals surface area contributed by atoms with Crippen LogP contribution in [0.5, 0.6) is 0 Å². The van der Waals surface area contributed by atoms with Crippen LogP contribution in [-0.4, -0.2) is 13.5 Å². The monoisotopic (exact) mass is 289 g/mol. The normalized spacial score (nSPS) is 9.56. The summed E-state index contributed by atoms with van der Waals surface area (Å²) in [7, 11) is -2.87. The molecule has 0 heterocycles. The highest BCUT2D eigenvalue weighted by atomic mass is 79.9. The first kappa shape index (κ1) is 12.5. The SMILES string of the molecule is FC(F)(Br)Br.O=[P+](O)O. The third-order valence-electron chi connectivity index (χ3n) is 0. The van der Waals surface area contributed by atoms with Crippen molar-refractivity contribution in [3.05, 3.63) is 0 Å². The molecule has 0 saturated carbocycles. The molecule has 56 valence electrons. The van der Waals surface area contributed by atoms with Crippen molar-refractivity contribution in [2.45, 2.75) is 3.74 Å². The summed E-state index contributed by atoms with van der Waals surface area (Å²) in [4.78, 5) is 14.2. The first-order valence-electron chi connectivity index (χ1n) is 1.34. The highest BCUT2D eigenvalue weighted by molar-refractivity contribution is 9.25. The van der Waals surface area contributed by atoms with Crippen molar-refractivity contribution >= 4 is 40.1 Å². The topological polar surface area (TPSA) is 57.5 Å². The number of rotatable bonds is 0.